The number of rotatable bonds is 6. The van der Waals surface area contributed by atoms with Gasteiger partial charge >= 0.3 is 5.97 Å². The minimum atomic E-state index is -0.521. The number of hydrogen-bond acceptors (Lipinski definition) is 6. The lowest BCUT2D eigenvalue weighted by Crippen LogP contribution is -2.28. The van der Waals surface area contributed by atoms with E-state index in [1.807, 2.05) is 6.07 Å². The highest BCUT2D eigenvalue weighted by molar-refractivity contribution is 7.80. The van der Waals surface area contributed by atoms with Crippen LogP contribution in [0.2, 0.25) is 0 Å². The second kappa shape index (κ2) is 8.21. The van der Waals surface area contributed by atoms with Gasteiger partial charge < -0.3 is 29.3 Å². The van der Waals surface area contributed by atoms with Crippen LogP contribution in [0.25, 0.3) is 0 Å². The molecule has 24 heavy (non-hydrogen) atoms. The van der Waals surface area contributed by atoms with E-state index in [0.29, 0.717) is 28.8 Å². The molecule has 0 unspecified atom stereocenters. The van der Waals surface area contributed by atoms with Crippen LogP contribution >= 0.6 is 12.2 Å². The monoisotopic (exact) mass is 350 g/mol. The zero-order valence-corrected chi connectivity index (χ0v) is 14.4. The fraction of sp³-hybridized carbons (Fsp3) is 0.250. The van der Waals surface area contributed by atoms with Crippen LogP contribution in [0, 0.1) is 0 Å². The molecule has 2 rings (SSSR count). The van der Waals surface area contributed by atoms with Crippen LogP contribution < -0.4 is 20.1 Å². The molecule has 0 aliphatic heterocycles. The van der Waals surface area contributed by atoms with Gasteiger partial charge in [-0.3, -0.25) is 0 Å². The Kier molecular flexibility index (Phi) is 6.02. The van der Waals surface area contributed by atoms with Crippen LogP contribution in [0.1, 0.15) is 16.1 Å². The van der Waals surface area contributed by atoms with Crippen molar-refractivity contribution in [3.05, 3.63) is 41.9 Å². The average Bonchev–Trinajstić information content (AvgIpc) is 3.12. The molecule has 0 aliphatic rings. The first kappa shape index (κ1) is 17.6. The predicted molar refractivity (Wildman–Crippen MR) is 92.7 cm³/mol. The van der Waals surface area contributed by atoms with E-state index in [4.69, 9.17) is 30.8 Å². The van der Waals surface area contributed by atoms with Crippen molar-refractivity contribution < 1.29 is 23.4 Å². The molecule has 0 atom stereocenters. The lowest BCUT2D eigenvalue weighted by Gasteiger charge is -2.16. The molecule has 8 heteroatoms. The number of carbonyl (C=O) groups excluding carboxylic acids is 1. The van der Waals surface area contributed by atoms with Gasteiger partial charge in [0.15, 0.2) is 16.6 Å². The molecule has 0 aliphatic carbocycles. The van der Waals surface area contributed by atoms with Crippen molar-refractivity contribution >= 4 is 29.0 Å². The number of thiocarbonyl (C=S) groups is 1. The third-order valence-electron chi connectivity index (χ3n) is 3.18. The number of furan rings is 1. The SMILES string of the molecule is COC(=O)c1cc(OC)c(OC)cc1NC(=S)NCc1ccco1. The lowest BCUT2D eigenvalue weighted by atomic mass is 10.1. The van der Waals surface area contributed by atoms with Crippen LogP contribution in [0.5, 0.6) is 11.5 Å². The van der Waals surface area contributed by atoms with E-state index in [1.165, 1.54) is 27.4 Å². The number of benzene rings is 1. The first-order valence-corrected chi connectivity index (χ1v) is 7.41. The summed E-state index contributed by atoms with van der Waals surface area (Å²) in [6.45, 7) is 0.416. The number of carbonyl (C=O) groups is 1. The van der Waals surface area contributed by atoms with Gasteiger partial charge in [-0.05, 0) is 24.4 Å². The summed E-state index contributed by atoms with van der Waals surface area (Å²) in [5, 5.41) is 6.27. The fourth-order valence-corrected chi connectivity index (χ4v) is 2.19. The van der Waals surface area contributed by atoms with Gasteiger partial charge in [-0.1, -0.05) is 0 Å². The molecule has 1 aromatic heterocycles. The molecule has 0 spiro atoms. The molecule has 7 nitrogen and oxygen atoms in total. The van der Waals surface area contributed by atoms with E-state index in [1.54, 1.807) is 18.4 Å². The molecule has 0 fully saturated rings. The number of ether oxygens (including phenoxy) is 3. The Bertz CT molecular complexity index is 716. The van der Waals surface area contributed by atoms with Crippen LogP contribution in [-0.2, 0) is 11.3 Å². The van der Waals surface area contributed by atoms with Gasteiger partial charge in [0.2, 0.25) is 0 Å². The zero-order valence-electron chi connectivity index (χ0n) is 13.5. The van der Waals surface area contributed by atoms with Gasteiger partial charge in [-0.25, -0.2) is 4.79 Å². The maximum absolute atomic E-state index is 12.0. The van der Waals surface area contributed by atoms with Crippen LogP contribution in [0.4, 0.5) is 5.69 Å². The van der Waals surface area contributed by atoms with Crippen LogP contribution in [-0.4, -0.2) is 32.4 Å². The quantitative estimate of drug-likeness (QED) is 0.608. The van der Waals surface area contributed by atoms with E-state index in [0.717, 1.165) is 5.76 Å². The Morgan fingerprint density at radius 3 is 2.50 bits per heavy atom. The molecule has 1 aromatic carbocycles. The highest BCUT2D eigenvalue weighted by atomic mass is 32.1. The Balaban J connectivity index is 2.20. The molecule has 0 bridgehead atoms. The Morgan fingerprint density at radius 2 is 1.92 bits per heavy atom. The minimum Gasteiger partial charge on any atom is -0.493 e. The van der Waals surface area contributed by atoms with Gasteiger partial charge in [-0.15, -0.1) is 0 Å². The van der Waals surface area contributed by atoms with E-state index < -0.39 is 5.97 Å². The molecule has 0 saturated heterocycles. The number of hydrogen-bond donors (Lipinski definition) is 2. The molecule has 1 heterocycles. The summed E-state index contributed by atoms with van der Waals surface area (Å²) >= 11 is 5.24. The molecule has 128 valence electrons. The highest BCUT2D eigenvalue weighted by Gasteiger charge is 2.18. The van der Waals surface area contributed by atoms with Crippen molar-refractivity contribution in [3.63, 3.8) is 0 Å². The van der Waals surface area contributed by atoms with Crippen molar-refractivity contribution in [1.82, 2.24) is 5.32 Å². The lowest BCUT2D eigenvalue weighted by molar-refractivity contribution is 0.0601. The number of methoxy groups -OCH3 is 3. The van der Waals surface area contributed by atoms with Crippen LogP contribution in [0.15, 0.2) is 34.9 Å². The second-order valence-corrected chi connectivity index (χ2v) is 5.04. The Labute approximate surface area is 144 Å². The summed E-state index contributed by atoms with van der Waals surface area (Å²) in [6.07, 6.45) is 1.58. The maximum Gasteiger partial charge on any atom is 0.340 e. The standard InChI is InChI=1S/C16H18N2O5S/c1-20-13-7-11(15(19)22-3)12(8-14(13)21-2)18-16(24)17-9-10-5-4-6-23-10/h4-8H,9H2,1-3H3,(H2,17,18,24). The van der Waals surface area contributed by atoms with Crippen LogP contribution in [0.3, 0.4) is 0 Å². The van der Waals surface area contributed by atoms with Crippen molar-refractivity contribution in [2.75, 3.05) is 26.6 Å². The average molecular weight is 350 g/mol. The third kappa shape index (κ3) is 4.17. The highest BCUT2D eigenvalue weighted by Crippen LogP contribution is 2.33. The summed E-state index contributed by atoms with van der Waals surface area (Å²) in [6, 6.07) is 6.76. The maximum atomic E-state index is 12.0. The smallest absolute Gasteiger partial charge is 0.340 e. The van der Waals surface area contributed by atoms with Crippen molar-refractivity contribution in [3.8, 4) is 11.5 Å². The van der Waals surface area contributed by atoms with Gasteiger partial charge in [0.25, 0.3) is 0 Å². The van der Waals surface area contributed by atoms with E-state index in [-0.39, 0.29) is 5.56 Å². The first-order valence-electron chi connectivity index (χ1n) is 7.00. The molecule has 0 saturated carbocycles. The molecule has 0 amide bonds. The van der Waals surface area contributed by atoms with Crippen molar-refractivity contribution in [2.24, 2.45) is 0 Å². The van der Waals surface area contributed by atoms with Crippen molar-refractivity contribution in [1.29, 1.82) is 0 Å². The molecular weight excluding hydrogens is 332 g/mol. The summed E-state index contributed by atoms with van der Waals surface area (Å²) < 4.78 is 20.5. The van der Waals surface area contributed by atoms with E-state index in [2.05, 4.69) is 10.6 Å². The molecular formula is C16H18N2O5S. The van der Waals surface area contributed by atoms with Gasteiger partial charge in [0, 0.05) is 12.1 Å². The first-order chi connectivity index (χ1) is 11.6. The Hall–Kier alpha value is -2.74. The van der Waals surface area contributed by atoms with Gasteiger partial charge in [-0.2, -0.15) is 0 Å². The van der Waals surface area contributed by atoms with E-state index >= 15 is 0 Å². The minimum absolute atomic E-state index is 0.275. The van der Waals surface area contributed by atoms with E-state index in [9.17, 15) is 4.79 Å². The van der Waals surface area contributed by atoms with Crippen molar-refractivity contribution in [2.45, 2.75) is 6.54 Å². The summed E-state index contributed by atoms with van der Waals surface area (Å²) in [7, 11) is 4.30. The number of esters is 1. The molecule has 0 radical (unpaired) electrons. The summed E-state index contributed by atoms with van der Waals surface area (Å²) in [5.74, 6) is 1.09. The number of nitrogens with one attached hydrogen (secondary N) is 2. The second-order valence-electron chi connectivity index (χ2n) is 4.63. The third-order valence-corrected chi connectivity index (χ3v) is 3.43. The Morgan fingerprint density at radius 1 is 1.21 bits per heavy atom. The molecule has 2 aromatic rings. The predicted octanol–water partition coefficient (Wildman–Crippen LogP) is 2.57. The number of anilines is 1. The summed E-state index contributed by atoms with van der Waals surface area (Å²) in [4.78, 5) is 12.0. The topological polar surface area (TPSA) is 82.0 Å². The van der Waals surface area contributed by atoms with Gasteiger partial charge in [0.05, 0.1) is 45.4 Å². The van der Waals surface area contributed by atoms with Gasteiger partial charge in [0.1, 0.15) is 5.76 Å². The normalized spacial score (nSPS) is 9.96. The molecule has 2 N–H and O–H groups in total. The summed E-state index contributed by atoms with van der Waals surface area (Å²) in [5.41, 5.74) is 0.716. The largest absolute Gasteiger partial charge is 0.493 e. The zero-order chi connectivity index (χ0) is 17.5. The fourth-order valence-electron chi connectivity index (χ4n) is 2.01.